The minimum atomic E-state index is -0.644. The molecule has 13 heavy (non-hydrogen) atoms. The van der Waals surface area contributed by atoms with Gasteiger partial charge in [0.15, 0.2) is 5.57 Å². The molecule has 68 valence electrons. The molecule has 0 atom stereocenters. The molecular formula is C9H10N2O2. The molecule has 0 fully saturated rings. The molecule has 0 unspecified atom stereocenters. The lowest BCUT2D eigenvalue weighted by atomic mass is 10.3. The standard InChI is InChI=1S/C9H10N2O2/c1-3-5-11-7-8(6-10)9(12)13-4-2/h1,7,11H,4-5H2,2H3/b8-7+. The summed E-state index contributed by atoms with van der Waals surface area (Å²) < 4.78 is 4.60. The summed E-state index contributed by atoms with van der Waals surface area (Å²) in [7, 11) is 0. The van der Waals surface area contributed by atoms with Gasteiger partial charge in [-0.25, -0.2) is 4.79 Å². The summed E-state index contributed by atoms with van der Waals surface area (Å²) in [5, 5.41) is 11.1. The van der Waals surface area contributed by atoms with Gasteiger partial charge in [0.2, 0.25) is 0 Å². The van der Waals surface area contributed by atoms with Crippen LogP contribution in [0.25, 0.3) is 0 Å². The fourth-order valence-electron chi connectivity index (χ4n) is 0.558. The van der Waals surface area contributed by atoms with Crippen molar-refractivity contribution >= 4 is 5.97 Å². The Morgan fingerprint density at radius 1 is 1.77 bits per heavy atom. The van der Waals surface area contributed by atoms with Crippen LogP contribution in [0, 0.1) is 23.7 Å². The summed E-state index contributed by atoms with van der Waals surface area (Å²) in [6.45, 7) is 2.18. The molecule has 1 N–H and O–H groups in total. The summed E-state index contributed by atoms with van der Waals surface area (Å²) in [4.78, 5) is 11.0. The lowest BCUT2D eigenvalue weighted by Crippen LogP contribution is -2.12. The van der Waals surface area contributed by atoms with Gasteiger partial charge < -0.3 is 10.1 Å². The van der Waals surface area contributed by atoms with Crippen molar-refractivity contribution in [3.8, 4) is 18.4 Å². The van der Waals surface area contributed by atoms with E-state index in [1.807, 2.05) is 0 Å². The Morgan fingerprint density at radius 3 is 2.92 bits per heavy atom. The Morgan fingerprint density at radius 2 is 2.46 bits per heavy atom. The van der Waals surface area contributed by atoms with Crippen molar-refractivity contribution in [1.82, 2.24) is 5.32 Å². The summed E-state index contributed by atoms with van der Waals surface area (Å²) in [5.41, 5.74) is -0.0860. The van der Waals surface area contributed by atoms with Crippen LogP contribution in [0.3, 0.4) is 0 Å². The van der Waals surface area contributed by atoms with Gasteiger partial charge in [-0.2, -0.15) is 5.26 Å². The number of terminal acetylenes is 1. The highest BCUT2D eigenvalue weighted by molar-refractivity contribution is 5.92. The average Bonchev–Trinajstić information content (AvgIpc) is 2.13. The van der Waals surface area contributed by atoms with Crippen LogP contribution >= 0.6 is 0 Å². The minimum absolute atomic E-state index is 0.0860. The third kappa shape index (κ3) is 4.49. The molecule has 0 rings (SSSR count). The van der Waals surface area contributed by atoms with Gasteiger partial charge in [-0.1, -0.05) is 5.92 Å². The van der Waals surface area contributed by atoms with E-state index in [-0.39, 0.29) is 18.7 Å². The van der Waals surface area contributed by atoms with Crippen LogP contribution in [0.15, 0.2) is 11.8 Å². The molecule has 0 saturated heterocycles. The summed E-state index contributed by atoms with van der Waals surface area (Å²) in [6.07, 6.45) is 6.20. The normalized spacial score (nSPS) is 9.62. The number of nitrogens with zero attached hydrogens (tertiary/aromatic N) is 1. The monoisotopic (exact) mass is 178 g/mol. The second kappa shape index (κ2) is 6.75. The fourth-order valence-corrected chi connectivity index (χ4v) is 0.558. The van der Waals surface area contributed by atoms with E-state index in [0.29, 0.717) is 0 Å². The first-order valence-corrected chi connectivity index (χ1v) is 3.70. The zero-order valence-electron chi connectivity index (χ0n) is 7.33. The minimum Gasteiger partial charge on any atom is -0.462 e. The molecule has 0 spiro atoms. The first-order chi connectivity index (χ1) is 6.26. The van der Waals surface area contributed by atoms with Crippen molar-refractivity contribution in [2.75, 3.05) is 13.2 Å². The van der Waals surface area contributed by atoms with E-state index >= 15 is 0 Å². The van der Waals surface area contributed by atoms with E-state index in [1.165, 1.54) is 6.20 Å². The van der Waals surface area contributed by atoms with Crippen LogP contribution in [-0.4, -0.2) is 19.1 Å². The third-order valence-corrected chi connectivity index (χ3v) is 1.07. The van der Waals surface area contributed by atoms with Crippen molar-refractivity contribution in [2.45, 2.75) is 6.92 Å². The summed E-state index contributed by atoms with van der Waals surface area (Å²) >= 11 is 0. The molecule has 0 aromatic rings. The zero-order chi connectivity index (χ0) is 10.1. The summed E-state index contributed by atoms with van der Waals surface area (Å²) in [6, 6.07) is 1.70. The van der Waals surface area contributed by atoms with Crippen LogP contribution < -0.4 is 5.32 Å². The molecule has 0 aliphatic rings. The van der Waals surface area contributed by atoms with E-state index in [4.69, 9.17) is 11.7 Å². The predicted octanol–water partition coefficient (Wildman–Crippen LogP) is 0.180. The van der Waals surface area contributed by atoms with Crippen molar-refractivity contribution in [2.24, 2.45) is 0 Å². The van der Waals surface area contributed by atoms with Gasteiger partial charge in [0.05, 0.1) is 13.2 Å². The topological polar surface area (TPSA) is 62.1 Å². The van der Waals surface area contributed by atoms with Gasteiger partial charge in [0.25, 0.3) is 0 Å². The Hall–Kier alpha value is -1.94. The third-order valence-electron chi connectivity index (χ3n) is 1.07. The van der Waals surface area contributed by atoms with Crippen LogP contribution in [0.1, 0.15) is 6.92 Å². The predicted molar refractivity (Wildman–Crippen MR) is 47.2 cm³/mol. The lowest BCUT2D eigenvalue weighted by Gasteiger charge is -1.99. The van der Waals surface area contributed by atoms with E-state index < -0.39 is 5.97 Å². The molecule has 0 aliphatic heterocycles. The second-order valence-corrected chi connectivity index (χ2v) is 1.98. The maximum Gasteiger partial charge on any atom is 0.350 e. The SMILES string of the molecule is C#CCN/C=C(\C#N)C(=O)OCC. The molecule has 4 nitrogen and oxygen atoms in total. The first kappa shape index (κ1) is 11.1. The maximum absolute atomic E-state index is 11.0. The zero-order valence-corrected chi connectivity index (χ0v) is 7.33. The van der Waals surface area contributed by atoms with E-state index in [0.717, 1.165) is 0 Å². The molecule has 0 aromatic heterocycles. The van der Waals surface area contributed by atoms with Crippen molar-refractivity contribution < 1.29 is 9.53 Å². The highest BCUT2D eigenvalue weighted by Crippen LogP contribution is 1.93. The van der Waals surface area contributed by atoms with Gasteiger partial charge in [-0.15, -0.1) is 6.42 Å². The fraction of sp³-hybridized carbons (Fsp3) is 0.333. The number of ether oxygens (including phenoxy) is 1. The number of hydrogen-bond acceptors (Lipinski definition) is 4. The Bertz CT molecular complexity index is 281. The summed E-state index contributed by atoms with van der Waals surface area (Å²) in [5.74, 6) is 1.66. The molecule has 0 heterocycles. The smallest absolute Gasteiger partial charge is 0.350 e. The Kier molecular flexibility index (Phi) is 5.74. The van der Waals surface area contributed by atoms with Crippen molar-refractivity contribution in [1.29, 1.82) is 5.26 Å². The molecule has 4 heteroatoms. The maximum atomic E-state index is 11.0. The average molecular weight is 178 g/mol. The van der Waals surface area contributed by atoms with Gasteiger partial charge in [-0.05, 0) is 6.92 Å². The van der Waals surface area contributed by atoms with E-state index in [9.17, 15) is 4.79 Å². The molecule has 0 radical (unpaired) electrons. The molecule has 0 amide bonds. The quantitative estimate of drug-likeness (QED) is 0.219. The largest absolute Gasteiger partial charge is 0.462 e. The van der Waals surface area contributed by atoms with Crippen molar-refractivity contribution in [3.63, 3.8) is 0 Å². The van der Waals surface area contributed by atoms with Crippen LogP contribution in [0.5, 0.6) is 0 Å². The number of esters is 1. The molecular weight excluding hydrogens is 168 g/mol. The molecule has 0 saturated carbocycles. The number of nitrogens with one attached hydrogen (secondary N) is 1. The number of carbonyl (C=O) groups is 1. The van der Waals surface area contributed by atoms with E-state index in [1.54, 1.807) is 13.0 Å². The molecule has 0 aromatic carbocycles. The number of carbonyl (C=O) groups excluding carboxylic acids is 1. The Labute approximate surface area is 77.2 Å². The lowest BCUT2D eigenvalue weighted by molar-refractivity contribution is -0.138. The van der Waals surface area contributed by atoms with Crippen molar-refractivity contribution in [3.05, 3.63) is 11.8 Å². The van der Waals surface area contributed by atoms with E-state index in [2.05, 4.69) is 16.0 Å². The van der Waals surface area contributed by atoms with Gasteiger partial charge in [0, 0.05) is 6.20 Å². The Balaban J connectivity index is 4.19. The second-order valence-electron chi connectivity index (χ2n) is 1.98. The van der Waals surface area contributed by atoms with Gasteiger partial charge >= 0.3 is 5.97 Å². The molecule has 0 aliphatic carbocycles. The van der Waals surface area contributed by atoms with Gasteiger partial charge in [-0.3, -0.25) is 0 Å². The van der Waals surface area contributed by atoms with Crippen LogP contribution in [0.2, 0.25) is 0 Å². The van der Waals surface area contributed by atoms with Crippen LogP contribution in [-0.2, 0) is 9.53 Å². The highest BCUT2D eigenvalue weighted by atomic mass is 16.5. The van der Waals surface area contributed by atoms with Gasteiger partial charge in [0.1, 0.15) is 6.07 Å². The number of hydrogen-bond donors (Lipinski definition) is 1. The highest BCUT2D eigenvalue weighted by Gasteiger charge is 2.08. The van der Waals surface area contributed by atoms with Crippen LogP contribution in [0.4, 0.5) is 0 Å². The first-order valence-electron chi connectivity index (χ1n) is 3.70. The number of rotatable bonds is 4. The molecule has 0 bridgehead atoms. The number of nitriles is 1.